The number of halogens is 3. The van der Waals surface area contributed by atoms with Crippen molar-refractivity contribution < 1.29 is 17.9 Å². The number of hydrogen-bond acceptors (Lipinski definition) is 3. The minimum absolute atomic E-state index is 0.217. The second-order valence-electron chi connectivity index (χ2n) is 4.65. The van der Waals surface area contributed by atoms with Crippen LogP contribution in [0.3, 0.4) is 0 Å². The molecule has 0 spiro atoms. The summed E-state index contributed by atoms with van der Waals surface area (Å²) in [7, 11) is 0. The van der Waals surface area contributed by atoms with Gasteiger partial charge in [0.2, 0.25) is 0 Å². The van der Waals surface area contributed by atoms with Gasteiger partial charge in [-0.25, -0.2) is 0 Å². The van der Waals surface area contributed by atoms with E-state index < -0.39 is 11.7 Å². The van der Waals surface area contributed by atoms with Gasteiger partial charge in [0.25, 0.3) is 0 Å². The van der Waals surface area contributed by atoms with Crippen molar-refractivity contribution in [2.45, 2.75) is 31.7 Å². The summed E-state index contributed by atoms with van der Waals surface area (Å²) in [6.07, 6.45) is -3.99. The molecule has 0 aliphatic carbocycles. The first-order valence-corrected chi connectivity index (χ1v) is 7.42. The van der Waals surface area contributed by atoms with Crippen molar-refractivity contribution in [2.24, 2.45) is 5.73 Å². The summed E-state index contributed by atoms with van der Waals surface area (Å²) in [4.78, 5) is 0.962. The number of hydrogen-bond donors (Lipinski definition) is 1. The first-order chi connectivity index (χ1) is 9.91. The van der Waals surface area contributed by atoms with E-state index in [2.05, 4.69) is 0 Å². The van der Waals surface area contributed by atoms with Crippen molar-refractivity contribution in [3.8, 4) is 5.75 Å². The summed E-state index contributed by atoms with van der Waals surface area (Å²) in [6, 6.07) is 8.26. The lowest BCUT2D eigenvalue weighted by Gasteiger charge is -2.23. The second-order valence-corrected chi connectivity index (χ2v) is 5.63. The molecule has 0 amide bonds. The minimum atomic E-state index is -4.34. The molecule has 2 unspecified atom stereocenters. The van der Waals surface area contributed by atoms with E-state index >= 15 is 0 Å². The van der Waals surface area contributed by atoms with Crippen LogP contribution in [-0.4, -0.2) is 6.04 Å². The maximum atomic E-state index is 12.5. The zero-order valence-corrected chi connectivity index (χ0v) is 12.2. The van der Waals surface area contributed by atoms with Crippen molar-refractivity contribution in [1.82, 2.24) is 0 Å². The summed E-state index contributed by atoms with van der Waals surface area (Å²) in [5.41, 5.74) is 5.36. The second kappa shape index (κ2) is 6.49. The van der Waals surface area contributed by atoms with Gasteiger partial charge >= 0.3 is 6.18 Å². The lowest BCUT2D eigenvalue weighted by molar-refractivity contribution is -0.137. The van der Waals surface area contributed by atoms with Crippen LogP contribution in [0.5, 0.6) is 5.75 Å². The molecule has 21 heavy (non-hydrogen) atoms. The minimum Gasteiger partial charge on any atom is -0.483 e. The molecule has 2 nitrogen and oxygen atoms in total. The number of ether oxygens (including phenoxy) is 1. The van der Waals surface area contributed by atoms with Crippen molar-refractivity contribution in [1.29, 1.82) is 0 Å². The van der Waals surface area contributed by atoms with Crippen molar-refractivity contribution in [3.63, 3.8) is 0 Å². The Labute approximate surface area is 125 Å². The third kappa shape index (κ3) is 3.98. The van der Waals surface area contributed by atoms with E-state index in [0.29, 0.717) is 12.2 Å². The third-order valence-electron chi connectivity index (χ3n) is 3.13. The number of benzene rings is 1. The number of rotatable bonds is 5. The van der Waals surface area contributed by atoms with Crippen LogP contribution in [0.1, 0.15) is 29.9 Å². The number of thiophene rings is 1. The molecule has 1 aromatic heterocycles. The molecular weight excluding hydrogens is 299 g/mol. The van der Waals surface area contributed by atoms with Crippen molar-refractivity contribution in [2.75, 3.05) is 0 Å². The smallest absolute Gasteiger partial charge is 0.416 e. The molecule has 2 rings (SSSR count). The van der Waals surface area contributed by atoms with E-state index in [4.69, 9.17) is 10.5 Å². The molecule has 0 aliphatic rings. The van der Waals surface area contributed by atoms with Crippen LogP contribution in [0.15, 0.2) is 41.8 Å². The van der Waals surface area contributed by atoms with E-state index in [1.165, 1.54) is 23.5 Å². The largest absolute Gasteiger partial charge is 0.483 e. The molecule has 0 saturated heterocycles. The van der Waals surface area contributed by atoms with Crippen LogP contribution >= 0.6 is 11.3 Å². The predicted octanol–water partition coefficient (Wildman–Crippen LogP) is 4.62. The Morgan fingerprint density at radius 2 is 1.86 bits per heavy atom. The van der Waals surface area contributed by atoms with Gasteiger partial charge in [-0.3, -0.25) is 0 Å². The molecule has 1 aromatic carbocycles. The van der Waals surface area contributed by atoms with Crippen molar-refractivity contribution in [3.05, 3.63) is 52.2 Å². The molecule has 2 aromatic rings. The maximum Gasteiger partial charge on any atom is 0.416 e. The van der Waals surface area contributed by atoms with E-state index in [9.17, 15) is 13.2 Å². The van der Waals surface area contributed by atoms with Crippen LogP contribution in [0.4, 0.5) is 13.2 Å². The van der Waals surface area contributed by atoms with Crippen LogP contribution in [0, 0.1) is 0 Å². The highest BCUT2D eigenvalue weighted by Gasteiger charge is 2.30. The van der Waals surface area contributed by atoms with Gasteiger partial charge in [-0.1, -0.05) is 13.0 Å². The van der Waals surface area contributed by atoms with Gasteiger partial charge in [-0.05, 0) is 42.1 Å². The Morgan fingerprint density at radius 3 is 2.33 bits per heavy atom. The summed E-state index contributed by atoms with van der Waals surface area (Å²) in [6.45, 7) is 1.95. The normalized spacial score (nSPS) is 14.7. The first-order valence-electron chi connectivity index (χ1n) is 6.54. The lowest BCUT2D eigenvalue weighted by Crippen LogP contribution is -2.30. The maximum absolute atomic E-state index is 12.5. The van der Waals surface area contributed by atoms with Gasteiger partial charge in [-0.15, -0.1) is 11.3 Å². The Morgan fingerprint density at radius 1 is 1.19 bits per heavy atom. The molecule has 114 valence electrons. The van der Waals surface area contributed by atoms with Crippen LogP contribution in [0.2, 0.25) is 0 Å². The monoisotopic (exact) mass is 315 g/mol. The van der Waals surface area contributed by atoms with Crippen molar-refractivity contribution >= 4 is 11.3 Å². The highest BCUT2D eigenvalue weighted by molar-refractivity contribution is 7.10. The van der Waals surface area contributed by atoms with E-state index in [1.807, 2.05) is 24.4 Å². The lowest BCUT2D eigenvalue weighted by atomic mass is 10.1. The Kier molecular flexibility index (Phi) is 4.90. The molecule has 6 heteroatoms. The highest BCUT2D eigenvalue weighted by atomic mass is 32.1. The average Bonchev–Trinajstić information content (AvgIpc) is 2.97. The van der Waals surface area contributed by atoms with Gasteiger partial charge in [0.05, 0.1) is 5.56 Å². The van der Waals surface area contributed by atoms with Gasteiger partial charge in [0.15, 0.2) is 0 Å². The summed E-state index contributed by atoms with van der Waals surface area (Å²) >= 11 is 1.52. The van der Waals surface area contributed by atoms with Gasteiger partial charge in [0.1, 0.15) is 11.9 Å². The molecular formula is C15H16F3NOS. The molecule has 0 aliphatic heterocycles. The first kappa shape index (κ1) is 15.9. The standard InChI is InChI=1S/C15H16F3NOS/c1-2-12(19)14(13-4-3-9-21-13)20-11-7-5-10(6-8-11)15(16,17)18/h3-9,12,14H,2,19H2,1H3. The fraction of sp³-hybridized carbons (Fsp3) is 0.333. The molecule has 0 fully saturated rings. The van der Waals surface area contributed by atoms with E-state index in [-0.39, 0.29) is 12.1 Å². The third-order valence-corrected chi connectivity index (χ3v) is 4.06. The molecule has 0 saturated carbocycles. The Bertz CT molecular complexity index is 551. The van der Waals surface area contributed by atoms with Gasteiger partial charge < -0.3 is 10.5 Å². The predicted molar refractivity (Wildman–Crippen MR) is 77.4 cm³/mol. The molecule has 2 N–H and O–H groups in total. The van der Waals surface area contributed by atoms with E-state index in [1.54, 1.807) is 0 Å². The van der Waals surface area contributed by atoms with Crippen LogP contribution in [-0.2, 0) is 6.18 Å². The average molecular weight is 315 g/mol. The molecule has 1 heterocycles. The highest BCUT2D eigenvalue weighted by Crippen LogP contribution is 2.32. The zero-order chi connectivity index (χ0) is 15.5. The Hall–Kier alpha value is -1.53. The van der Waals surface area contributed by atoms with Gasteiger partial charge in [-0.2, -0.15) is 13.2 Å². The van der Waals surface area contributed by atoms with Crippen LogP contribution in [0.25, 0.3) is 0 Å². The SMILES string of the molecule is CCC(N)C(Oc1ccc(C(F)(F)F)cc1)c1cccs1. The van der Waals surface area contributed by atoms with Gasteiger partial charge in [0, 0.05) is 10.9 Å². The van der Waals surface area contributed by atoms with E-state index in [0.717, 1.165) is 17.0 Å². The molecule has 0 radical (unpaired) electrons. The number of nitrogens with two attached hydrogens (primary N) is 1. The summed E-state index contributed by atoms with van der Waals surface area (Å²) < 4.78 is 43.4. The molecule has 2 atom stereocenters. The fourth-order valence-corrected chi connectivity index (χ4v) is 2.72. The Balaban J connectivity index is 2.17. The molecule has 0 bridgehead atoms. The topological polar surface area (TPSA) is 35.2 Å². The zero-order valence-electron chi connectivity index (χ0n) is 11.4. The van der Waals surface area contributed by atoms with Crippen LogP contribution < -0.4 is 10.5 Å². The number of alkyl halides is 3. The summed E-state index contributed by atoms with van der Waals surface area (Å²) in [5, 5.41) is 1.92. The quantitative estimate of drug-likeness (QED) is 0.873. The fourth-order valence-electron chi connectivity index (χ4n) is 1.89. The summed E-state index contributed by atoms with van der Waals surface area (Å²) in [5.74, 6) is 0.380.